The highest BCUT2D eigenvalue weighted by Gasteiger charge is 2.18. The molecular formula is C26H24FN5O4S. The number of hydrogen-bond acceptors (Lipinski definition) is 7. The molecule has 11 heteroatoms. The van der Waals surface area contributed by atoms with Gasteiger partial charge in [0.2, 0.25) is 5.91 Å². The number of thioether (sulfide) groups is 1. The summed E-state index contributed by atoms with van der Waals surface area (Å²) in [6.07, 6.45) is 0. The summed E-state index contributed by atoms with van der Waals surface area (Å²) in [5.74, 6) is 0.558. The van der Waals surface area contributed by atoms with Gasteiger partial charge in [0.1, 0.15) is 17.3 Å². The van der Waals surface area contributed by atoms with Gasteiger partial charge in [-0.1, -0.05) is 23.9 Å². The number of nitrogens with one attached hydrogen (secondary N) is 2. The Morgan fingerprint density at radius 1 is 0.919 bits per heavy atom. The zero-order valence-electron chi connectivity index (χ0n) is 20.1. The highest BCUT2D eigenvalue weighted by atomic mass is 32.2. The van der Waals surface area contributed by atoms with Crippen molar-refractivity contribution in [2.45, 2.75) is 11.7 Å². The van der Waals surface area contributed by atoms with E-state index in [1.807, 2.05) is 12.1 Å². The number of hydrogen-bond donors (Lipinski definition) is 2. The molecule has 0 spiro atoms. The fraction of sp³-hybridized carbons (Fsp3) is 0.154. The Labute approximate surface area is 217 Å². The molecule has 4 rings (SSSR count). The number of carbonyl (C=O) groups is 2. The van der Waals surface area contributed by atoms with Crippen LogP contribution >= 0.6 is 11.8 Å². The zero-order chi connectivity index (χ0) is 26.2. The van der Waals surface area contributed by atoms with Gasteiger partial charge in [-0.05, 0) is 60.7 Å². The minimum absolute atomic E-state index is 0.0270. The maximum Gasteiger partial charge on any atom is 0.251 e. The van der Waals surface area contributed by atoms with Gasteiger partial charge in [-0.15, -0.1) is 10.2 Å². The maximum absolute atomic E-state index is 13.9. The van der Waals surface area contributed by atoms with Crippen molar-refractivity contribution >= 4 is 29.3 Å². The van der Waals surface area contributed by atoms with E-state index in [1.165, 1.54) is 12.1 Å². The highest BCUT2D eigenvalue weighted by molar-refractivity contribution is 7.99. The molecule has 2 amide bonds. The van der Waals surface area contributed by atoms with Gasteiger partial charge in [0.05, 0.1) is 32.2 Å². The van der Waals surface area contributed by atoms with Crippen molar-refractivity contribution in [2.24, 2.45) is 0 Å². The van der Waals surface area contributed by atoms with Gasteiger partial charge in [0, 0.05) is 11.3 Å². The molecule has 0 saturated carbocycles. The maximum atomic E-state index is 13.9. The lowest BCUT2D eigenvalue weighted by Gasteiger charge is -2.12. The van der Waals surface area contributed by atoms with Crippen molar-refractivity contribution in [1.82, 2.24) is 20.1 Å². The lowest BCUT2D eigenvalue weighted by Crippen LogP contribution is -2.24. The number of para-hydroxylation sites is 1. The van der Waals surface area contributed by atoms with Gasteiger partial charge >= 0.3 is 0 Å². The second-order valence-electron chi connectivity index (χ2n) is 7.66. The summed E-state index contributed by atoms with van der Waals surface area (Å²) in [4.78, 5) is 25.1. The second kappa shape index (κ2) is 12.0. The van der Waals surface area contributed by atoms with Crippen molar-refractivity contribution in [3.8, 4) is 17.2 Å². The Morgan fingerprint density at radius 3 is 2.22 bits per heavy atom. The third kappa shape index (κ3) is 6.44. The zero-order valence-corrected chi connectivity index (χ0v) is 20.9. The normalized spacial score (nSPS) is 10.6. The lowest BCUT2D eigenvalue weighted by atomic mass is 10.2. The molecule has 4 aromatic rings. The molecule has 0 aliphatic rings. The van der Waals surface area contributed by atoms with Crippen LogP contribution in [0.2, 0.25) is 0 Å². The van der Waals surface area contributed by atoms with Gasteiger partial charge in [0.25, 0.3) is 5.91 Å². The average molecular weight is 522 g/mol. The van der Waals surface area contributed by atoms with Crippen LogP contribution in [0.1, 0.15) is 16.2 Å². The molecule has 9 nitrogen and oxygen atoms in total. The highest BCUT2D eigenvalue weighted by Crippen LogP contribution is 2.24. The molecule has 37 heavy (non-hydrogen) atoms. The summed E-state index contributed by atoms with van der Waals surface area (Å²) in [5, 5.41) is 14.3. The third-order valence-electron chi connectivity index (χ3n) is 5.27. The molecule has 1 aromatic heterocycles. The number of aromatic nitrogens is 3. The molecule has 2 N–H and O–H groups in total. The van der Waals surface area contributed by atoms with E-state index in [2.05, 4.69) is 20.8 Å². The van der Waals surface area contributed by atoms with Gasteiger partial charge in [-0.25, -0.2) is 4.39 Å². The van der Waals surface area contributed by atoms with E-state index in [0.717, 1.165) is 17.4 Å². The number of nitrogens with zero attached hydrogens (tertiary/aromatic N) is 3. The molecule has 0 radical (unpaired) electrons. The van der Waals surface area contributed by atoms with Crippen LogP contribution in [0, 0.1) is 5.82 Å². The summed E-state index contributed by atoms with van der Waals surface area (Å²) in [7, 11) is 3.13. The number of amides is 2. The first kappa shape index (κ1) is 25.7. The van der Waals surface area contributed by atoms with Crippen molar-refractivity contribution in [3.63, 3.8) is 0 Å². The van der Waals surface area contributed by atoms with Crippen LogP contribution < -0.4 is 20.1 Å². The minimum atomic E-state index is -0.517. The van der Waals surface area contributed by atoms with Gasteiger partial charge < -0.3 is 20.1 Å². The van der Waals surface area contributed by atoms with Crippen LogP contribution in [-0.2, 0) is 11.3 Å². The van der Waals surface area contributed by atoms with Crippen molar-refractivity contribution in [1.29, 1.82) is 0 Å². The largest absolute Gasteiger partial charge is 0.497 e. The predicted molar refractivity (Wildman–Crippen MR) is 138 cm³/mol. The van der Waals surface area contributed by atoms with E-state index in [9.17, 15) is 14.0 Å². The van der Waals surface area contributed by atoms with Crippen LogP contribution in [0.5, 0.6) is 11.5 Å². The summed E-state index contributed by atoms with van der Waals surface area (Å²) in [6, 6.07) is 19.9. The number of anilines is 1. The Balaban J connectivity index is 1.51. The quantitative estimate of drug-likeness (QED) is 0.303. The van der Waals surface area contributed by atoms with Gasteiger partial charge in [-0.3, -0.25) is 14.2 Å². The topological polar surface area (TPSA) is 107 Å². The number of methoxy groups -OCH3 is 2. The molecular weight excluding hydrogens is 497 g/mol. The summed E-state index contributed by atoms with van der Waals surface area (Å²) >= 11 is 1.14. The van der Waals surface area contributed by atoms with Gasteiger partial charge in [-0.2, -0.15) is 0 Å². The number of benzene rings is 3. The molecule has 0 aliphatic carbocycles. The van der Waals surface area contributed by atoms with E-state index < -0.39 is 11.7 Å². The number of rotatable bonds is 10. The smallest absolute Gasteiger partial charge is 0.251 e. The van der Waals surface area contributed by atoms with E-state index in [0.29, 0.717) is 28.0 Å². The van der Waals surface area contributed by atoms with Crippen LogP contribution in [0.25, 0.3) is 5.69 Å². The van der Waals surface area contributed by atoms with Crippen LogP contribution in [0.15, 0.2) is 78.0 Å². The number of carbonyl (C=O) groups excluding carboxylic acids is 2. The fourth-order valence-corrected chi connectivity index (χ4v) is 4.15. The molecule has 0 bridgehead atoms. The lowest BCUT2D eigenvalue weighted by molar-refractivity contribution is -0.113. The number of halogens is 1. The SMILES string of the molecule is COc1ccc(C(=O)NCc2nnc(SCC(=O)Nc3ccccc3F)n2-c2ccc(OC)cc2)cc1. The van der Waals surface area contributed by atoms with Gasteiger partial charge in [0.15, 0.2) is 11.0 Å². The molecule has 190 valence electrons. The average Bonchev–Trinajstić information content (AvgIpc) is 3.34. The Bertz CT molecular complexity index is 1380. The van der Waals surface area contributed by atoms with Crippen molar-refractivity contribution in [3.05, 3.63) is 90.0 Å². The molecule has 0 fully saturated rings. The second-order valence-corrected chi connectivity index (χ2v) is 8.60. The molecule has 3 aromatic carbocycles. The Morgan fingerprint density at radius 2 is 1.57 bits per heavy atom. The third-order valence-corrected chi connectivity index (χ3v) is 6.20. The molecule has 1 heterocycles. The van der Waals surface area contributed by atoms with Crippen LogP contribution in [-0.4, -0.2) is 46.6 Å². The molecule has 0 atom stereocenters. The van der Waals surface area contributed by atoms with E-state index in [4.69, 9.17) is 9.47 Å². The Hall–Kier alpha value is -4.38. The van der Waals surface area contributed by atoms with Crippen LogP contribution in [0.4, 0.5) is 10.1 Å². The minimum Gasteiger partial charge on any atom is -0.497 e. The van der Waals surface area contributed by atoms with E-state index in [-0.39, 0.29) is 23.9 Å². The summed E-state index contributed by atoms with van der Waals surface area (Å²) in [6.45, 7) is 0.0892. The summed E-state index contributed by atoms with van der Waals surface area (Å²) < 4.78 is 26.0. The van der Waals surface area contributed by atoms with Crippen molar-refractivity contribution < 1.29 is 23.5 Å². The van der Waals surface area contributed by atoms with Crippen molar-refractivity contribution in [2.75, 3.05) is 25.3 Å². The summed E-state index contributed by atoms with van der Waals surface area (Å²) in [5.41, 5.74) is 1.29. The Kier molecular flexibility index (Phi) is 8.37. The predicted octanol–water partition coefficient (Wildman–Crippen LogP) is 4.08. The van der Waals surface area contributed by atoms with Crippen LogP contribution in [0.3, 0.4) is 0 Å². The first-order chi connectivity index (χ1) is 18.0. The van der Waals surface area contributed by atoms with E-state index in [1.54, 1.807) is 67.3 Å². The molecule has 0 aliphatic heterocycles. The van der Waals surface area contributed by atoms with E-state index >= 15 is 0 Å². The molecule has 0 saturated heterocycles. The first-order valence-electron chi connectivity index (χ1n) is 11.2. The first-order valence-corrected chi connectivity index (χ1v) is 12.1. The monoisotopic (exact) mass is 521 g/mol. The molecule has 0 unspecified atom stereocenters. The fourth-order valence-electron chi connectivity index (χ4n) is 3.38. The standard InChI is InChI=1S/C26H24FN5O4S/c1-35-19-11-7-17(8-12-19)25(34)28-15-23-30-31-26(32(23)18-9-13-20(36-2)14-10-18)37-16-24(33)29-22-6-4-3-5-21(22)27/h3-14H,15-16H2,1-2H3,(H,28,34)(H,29,33). The number of ether oxygens (including phenoxy) is 2.